The molecule has 2 N–H and O–H groups in total. The number of ether oxygens (including phenoxy) is 1. The van der Waals surface area contributed by atoms with Gasteiger partial charge in [-0.2, -0.15) is 13.2 Å². The van der Waals surface area contributed by atoms with Gasteiger partial charge in [-0.1, -0.05) is 18.2 Å². The third-order valence-electron chi connectivity index (χ3n) is 7.82. The Bertz CT molecular complexity index is 1380. The van der Waals surface area contributed by atoms with Gasteiger partial charge >= 0.3 is 12.3 Å². The maximum Gasteiger partial charge on any atom is 0.418 e. The fraction of sp³-hybridized carbons (Fsp3) is 0.429. The van der Waals surface area contributed by atoms with Gasteiger partial charge in [-0.05, 0) is 68.1 Å². The minimum atomic E-state index is -4.79. The average Bonchev–Trinajstić information content (AvgIpc) is 3.64. The van der Waals surface area contributed by atoms with E-state index >= 15 is 0 Å². The molecule has 0 radical (unpaired) electrons. The standard InChI is InChI=1S/C28H28F4N4O5/c1-16(28(30,31)32)35(14-17-4-6-19(29)7-5-17)23(37)15-36-25(39)27(41-26(36)40)11-10-18-13-20(8-9-21(18)27)34-24(38)22-3-2-12-33-22/h4-9,13,16,22,33H,2-3,10-12,14-15H2,1H3,(H,34,38)/t16-,22-,27+/m0/s1. The van der Waals surface area contributed by atoms with Crippen LogP contribution in [0.2, 0.25) is 0 Å². The maximum absolute atomic E-state index is 13.6. The molecule has 41 heavy (non-hydrogen) atoms. The summed E-state index contributed by atoms with van der Waals surface area (Å²) in [5.41, 5.74) is 0.106. The second kappa shape index (κ2) is 10.8. The first kappa shape index (κ1) is 28.5. The van der Waals surface area contributed by atoms with E-state index < -0.39 is 54.6 Å². The second-order valence-corrected chi connectivity index (χ2v) is 10.5. The molecule has 4 amide bonds. The highest BCUT2D eigenvalue weighted by molar-refractivity contribution is 6.06. The molecule has 13 heteroatoms. The lowest BCUT2D eigenvalue weighted by Crippen LogP contribution is -2.51. The molecule has 1 spiro atoms. The summed E-state index contributed by atoms with van der Waals surface area (Å²) in [6.45, 7) is 0.0738. The average molecular weight is 577 g/mol. The molecule has 0 saturated carbocycles. The number of rotatable bonds is 7. The van der Waals surface area contributed by atoms with E-state index in [0.29, 0.717) is 33.0 Å². The van der Waals surface area contributed by atoms with Crippen molar-refractivity contribution in [3.63, 3.8) is 0 Å². The summed E-state index contributed by atoms with van der Waals surface area (Å²) >= 11 is 0. The van der Waals surface area contributed by atoms with Crippen LogP contribution in [0.15, 0.2) is 42.5 Å². The number of nitrogens with zero attached hydrogens (tertiary/aromatic N) is 2. The molecule has 2 aliphatic heterocycles. The zero-order valence-electron chi connectivity index (χ0n) is 22.1. The first-order valence-electron chi connectivity index (χ1n) is 13.2. The van der Waals surface area contributed by atoms with E-state index in [1.54, 1.807) is 18.2 Å². The van der Waals surface area contributed by atoms with E-state index in [0.717, 1.165) is 38.4 Å². The van der Waals surface area contributed by atoms with Crippen molar-refractivity contribution in [1.29, 1.82) is 0 Å². The Kier molecular flexibility index (Phi) is 7.49. The smallest absolute Gasteiger partial charge is 0.418 e. The molecule has 2 saturated heterocycles. The molecule has 3 atom stereocenters. The van der Waals surface area contributed by atoms with E-state index in [9.17, 15) is 36.7 Å². The molecule has 0 bridgehead atoms. The number of hydrogen-bond acceptors (Lipinski definition) is 6. The first-order chi connectivity index (χ1) is 19.4. The van der Waals surface area contributed by atoms with E-state index in [1.807, 2.05) is 0 Å². The largest absolute Gasteiger partial charge is 0.427 e. The number of alkyl halides is 3. The predicted octanol–water partition coefficient (Wildman–Crippen LogP) is 3.62. The number of fused-ring (bicyclic) bond motifs is 2. The van der Waals surface area contributed by atoms with Gasteiger partial charge in [0.15, 0.2) is 0 Å². The van der Waals surface area contributed by atoms with E-state index in [2.05, 4.69) is 10.6 Å². The van der Waals surface area contributed by atoms with Crippen LogP contribution in [0.4, 0.5) is 28.0 Å². The highest BCUT2D eigenvalue weighted by Crippen LogP contribution is 2.46. The molecule has 5 rings (SSSR count). The van der Waals surface area contributed by atoms with Gasteiger partial charge in [-0.25, -0.2) is 14.1 Å². The third-order valence-corrected chi connectivity index (χ3v) is 7.82. The molecule has 0 unspecified atom stereocenters. The molecule has 2 heterocycles. The molecule has 218 valence electrons. The van der Waals surface area contributed by atoms with Crippen LogP contribution in [-0.2, 0) is 37.7 Å². The zero-order valence-corrected chi connectivity index (χ0v) is 22.1. The van der Waals surface area contributed by atoms with Crippen LogP contribution in [0.3, 0.4) is 0 Å². The summed E-state index contributed by atoms with van der Waals surface area (Å²) in [7, 11) is 0. The Hall–Kier alpha value is -4.00. The summed E-state index contributed by atoms with van der Waals surface area (Å²) in [5, 5.41) is 5.95. The van der Waals surface area contributed by atoms with Crippen LogP contribution < -0.4 is 10.6 Å². The van der Waals surface area contributed by atoms with Crippen LogP contribution in [0.1, 0.15) is 42.9 Å². The van der Waals surface area contributed by atoms with Gasteiger partial charge in [-0.3, -0.25) is 14.4 Å². The summed E-state index contributed by atoms with van der Waals surface area (Å²) in [5.74, 6) is -2.74. The van der Waals surface area contributed by atoms with E-state index in [1.165, 1.54) is 12.1 Å². The van der Waals surface area contributed by atoms with Crippen LogP contribution in [0.25, 0.3) is 0 Å². The van der Waals surface area contributed by atoms with Gasteiger partial charge in [-0.15, -0.1) is 0 Å². The number of carbonyl (C=O) groups is 4. The quantitative estimate of drug-likeness (QED) is 0.488. The molecule has 3 aliphatic rings. The molecule has 2 aromatic carbocycles. The van der Waals surface area contributed by atoms with Gasteiger partial charge in [0.25, 0.3) is 5.91 Å². The number of aryl methyl sites for hydroxylation is 1. The molecular formula is C28H28F4N4O5. The normalized spacial score (nSPS) is 22.6. The monoisotopic (exact) mass is 576 g/mol. The van der Waals surface area contributed by atoms with Crippen LogP contribution in [0, 0.1) is 5.82 Å². The summed E-state index contributed by atoms with van der Waals surface area (Å²) in [4.78, 5) is 53.0. The molecular weight excluding hydrogens is 548 g/mol. The fourth-order valence-electron chi connectivity index (χ4n) is 5.50. The number of benzene rings is 2. The maximum atomic E-state index is 13.6. The number of carbonyl (C=O) groups excluding carboxylic acids is 4. The van der Waals surface area contributed by atoms with Crippen LogP contribution >= 0.6 is 0 Å². The lowest BCUT2D eigenvalue weighted by Gasteiger charge is -2.31. The van der Waals surface area contributed by atoms with Crippen LogP contribution in [0.5, 0.6) is 0 Å². The van der Waals surface area contributed by atoms with Gasteiger partial charge in [0, 0.05) is 24.2 Å². The first-order valence-corrected chi connectivity index (χ1v) is 13.2. The van der Waals surface area contributed by atoms with Crippen molar-refractivity contribution in [2.24, 2.45) is 0 Å². The lowest BCUT2D eigenvalue weighted by atomic mass is 9.94. The Morgan fingerprint density at radius 2 is 1.93 bits per heavy atom. The number of anilines is 1. The van der Waals surface area contributed by atoms with E-state index in [-0.39, 0.29) is 23.9 Å². The molecule has 9 nitrogen and oxygen atoms in total. The summed E-state index contributed by atoms with van der Waals surface area (Å²) < 4.78 is 59.7. The topological polar surface area (TPSA) is 108 Å². The molecule has 2 fully saturated rings. The van der Waals surface area contributed by atoms with Gasteiger partial charge < -0.3 is 20.3 Å². The van der Waals surface area contributed by atoms with Gasteiger partial charge in [0.2, 0.25) is 17.4 Å². The van der Waals surface area contributed by atoms with Crippen molar-refractivity contribution in [1.82, 2.24) is 15.1 Å². The predicted molar refractivity (Wildman–Crippen MR) is 137 cm³/mol. The minimum absolute atomic E-state index is 0.0808. The Labute approximate surface area is 232 Å². The zero-order chi connectivity index (χ0) is 29.5. The molecule has 2 aromatic rings. The summed E-state index contributed by atoms with van der Waals surface area (Å²) in [6.07, 6.45) is -3.89. The number of amides is 4. The molecule has 1 aliphatic carbocycles. The van der Waals surface area contributed by atoms with Crippen molar-refractivity contribution in [3.8, 4) is 0 Å². The van der Waals surface area contributed by atoms with Crippen molar-refractivity contribution in [3.05, 3.63) is 65.0 Å². The number of nitrogens with one attached hydrogen (secondary N) is 2. The lowest BCUT2D eigenvalue weighted by molar-refractivity contribution is -0.187. The second-order valence-electron chi connectivity index (χ2n) is 10.5. The van der Waals surface area contributed by atoms with Crippen molar-refractivity contribution < 1.29 is 41.5 Å². The SMILES string of the molecule is C[C@H](N(Cc1ccc(F)cc1)C(=O)CN1C(=O)O[C@@]2(CCc3cc(NC(=O)[C@@H]4CCCN4)ccc32)C1=O)C(F)(F)F. The summed E-state index contributed by atoms with van der Waals surface area (Å²) in [6, 6.07) is 6.93. The van der Waals surface area contributed by atoms with Gasteiger partial charge in [0.05, 0.1) is 6.04 Å². The number of halogens is 4. The molecule has 0 aromatic heterocycles. The Morgan fingerprint density at radius 1 is 1.20 bits per heavy atom. The Balaban J connectivity index is 1.33. The van der Waals surface area contributed by atoms with Gasteiger partial charge in [0.1, 0.15) is 18.4 Å². The number of imide groups is 1. The fourth-order valence-corrected chi connectivity index (χ4v) is 5.50. The Morgan fingerprint density at radius 3 is 2.59 bits per heavy atom. The van der Waals surface area contributed by atoms with Crippen molar-refractivity contribution in [2.75, 3.05) is 18.4 Å². The van der Waals surface area contributed by atoms with Crippen molar-refractivity contribution >= 4 is 29.5 Å². The highest BCUT2D eigenvalue weighted by atomic mass is 19.4. The highest BCUT2D eigenvalue weighted by Gasteiger charge is 2.58. The number of hydrogen-bond donors (Lipinski definition) is 2. The third kappa shape index (κ3) is 5.50. The van der Waals surface area contributed by atoms with Crippen LogP contribution in [-0.4, -0.2) is 65.0 Å². The van der Waals surface area contributed by atoms with E-state index in [4.69, 9.17) is 4.74 Å². The minimum Gasteiger partial charge on any atom is -0.427 e. The van der Waals surface area contributed by atoms with Crippen molar-refractivity contribution in [2.45, 2.75) is 63.0 Å².